The summed E-state index contributed by atoms with van der Waals surface area (Å²) >= 11 is 0. The molecule has 6 heteroatoms. The second-order valence-corrected chi connectivity index (χ2v) is 6.98. The van der Waals surface area contributed by atoms with E-state index >= 15 is 0 Å². The lowest BCUT2D eigenvalue weighted by atomic mass is 10.1. The monoisotopic (exact) mass is 336 g/mol. The van der Waals surface area contributed by atoms with Crippen LogP contribution in [0.25, 0.3) is 16.3 Å². The highest BCUT2D eigenvalue weighted by Crippen LogP contribution is 2.21. The molecular formula is C18H12N2O3S. The van der Waals surface area contributed by atoms with E-state index in [1.54, 1.807) is 36.4 Å². The molecule has 24 heavy (non-hydrogen) atoms. The Morgan fingerprint density at radius 3 is 2.12 bits per heavy atom. The van der Waals surface area contributed by atoms with Crippen molar-refractivity contribution in [1.82, 2.24) is 0 Å². The molecule has 0 saturated carbocycles. The molecule has 0 spiro atoms. The lowest BCUT2D eigenvalue weighted by Gasteiger charge is -2.03. The van der Waals surface area contributed by atoms with Gasteiger partial charge in [-0.05, 0) is 22.9 Å². The van der Waals surface area contributed by atoms with Crippen LogP contribution in [0.2, 0.25) is 0 Å². The third-order valence-electron chi connectivity index (χ3n) is 3.61. The second-order valence-electron chi connectivity index (χ2n) is 5.11. The highest BCUT2D eigenvalue weighted by Gasteiger charge is 2.38. The van der Waals surface area contributed by atoms with E-state index in [1.807, 2.05) is 12.1 Å². The summed E-state index contributed by atoms with van der Waals surface area (Å²) in [5, 5.41) is 0.681. The Bertz CT molecular complexity index is 1080. The molecular weight excluding hydrogens is 324 g/mol. The molecule has 3 aromatic carbocycles. The van der Waals surface area contributed by atoms with Crippen LogP contribution in [0.4, 0.5) is 0 Å². The van der Waals surface area contributed by atoms with E-state index in [2.05, 4.69) is 4.79 Å². The maximum atomic E-state index is 12.7. The third kappa shape index (κ3) is 2.76. The lowest BCUT2D eigenvalue weighted by Crippen LogP contribution is -2.26. The Hall–Kier alpha value is -3.08. The van der Waals surface area contributed by atoms with Crippen molar-refractivity contribution in [1.29, 1.82) is 0 Å². The Balaban J connectivity index is 2.10. The summed E-state index contributed by atoms with van der Waals surface area (Å²) in [6, 6.07) is 19.6. The van der Waals surface area contributed by atoms with Crippen molar-refractivity contribution in [3.05, 3.63) is 83.9 Å². The first-order chi connectivity index (χ1) is 11.5. The number of benzene rings is 3. The minimum absolute atomic E-state index is 0.0988. The maximum absolute atomic E-state index is 12.7. The zero-order valence-corrected chi connectivity index (χ0v) is 13.3. The number of hydrogen-bond acceptors (Lipinski definition) is 3. The van der Waals surface area contributed by atoms with E-state index in [0.717, 1.165) is 5.39 Å². The van der Waals surface area contributed by atoms with Crippen LogP contribution < -0.4 is 0 Å². The van der Waals surface area contributed by atoms with Crippen molar-refractivity contribution in [2.45, 2.75) is 4.90 Å². The molecule has 0 fully saturated rings. The summed E-state index contributed by atoms with van der Waals surface area (Å²) in [5.41, 5.74) is 9.29. The smallest absolute Gasteiger partial charge is 0.360 e. The van der Waals surface area contributed by atoms with Gasteiger partial charge >= 0.3 is 5.04 Å². The average molecular weight is 336 g/mol. The van der Waals surface area contributed by atoms with Gasteiger partial charge in [-0.2, -0.15) is 0 Å². The van der Waals surface area contributed by atoms with Gasteiger partial charge in [0.15, 0.2) is 0 Å². The van der Waals surface area contributed by atoms with Gasteiger partial charge in [-0.3, -0.25) is 4.79 Å². The summed E-state index contributed by atoms with van der Waals surface area (Å²) in [4.78, 5) is 15.1. The van der Waals surface area contributed by atoms with Crippen LogP contribution in [0.3, 0.4) is 0 Å². The number of rotatable bonds is 3. The summed E-state index contributed by atoms with van der Waals surface area (Å²) in [6.07, 6.45) is 0. The van der Waals surface area contributed by atoms with Gasteiger partial charge in [-0.1, -0.05) is 60.7 Å². The van der Waals surface area contributed by atoms with Crippen molar-refractivity contribution in [2.24, 2.45) is 0 Å². The highest BCUT2D eigenvalue weighted by atomic mass is 32.2. The van der Waals surface area contributed by atoms with E-state index < -0.39 is 20.7 Å². The van der Waals surface area contributed by atoms with Crippen molar-refractivity contribution in [3.63, 3.8) is 0 Å². The van der Waals surface area contributed by atoms with Gasteiger partial charge < -0.3 is 5.53 Å². The zero-order chi connectivity index (χ0) is 17.2. The van der Waals surface area contributed by atoms with E-state index in [0.29, 0.717) is 5.39 Å². The summed E-state index contributed by atoms with van der Waals surface area (Å²) in [5.74, 6) is -0.855. The molecule has 3 aromatic rings. The fourth-order valence-corrected chi connectivity index (χ4v) is 3.60. The fourth-order valence-electron chi connectivity index (χ4n) is 2.38. The van der Waals surface area contributed by atoms with Crippen LogP contribution in [0.1, 0.15) is 10.4 Å². The van der Waals surface area contributed by atoms with Crippen LogP contribution in [0.15, 0.2) is 77.7 Å². The molecule has 5 nitrogen and oxygen atoms in total. The molecule has 0 heterocycles. The second kappa shape index (κ2) is 6.20. The molecule has 0 unspecified atom stereocenters. The number of ketones is 1. The van der Waals surface area contributed by atoms with Crippen LogP contribution in [0, 0.1) is 0 Å². The molecule has 0 atom stereocenters. The molecule has 0 amide bonds. The van der Waals surface area contributed by atoms with Crippen LogP contribution in [-0.4, -0.2) is 24.0 Å². The molecule has 0 bridgehead atoms. The van der Waals surface area contributed by atoms with Gasteiger partial charge in [0.05, 0.1) is 4.90 Å². The number of nitrogens with zero attached hydrogens (tertiary/aromatic N) is 2. The number of sulfone groups is 1. The maximum Gasteiger partial charge on any atom is 0.456 e. The quantitative estimate of drug-likeness (QED) is 0.242. The van der Waals surface area contributed by atoms with Gasteiger partial charge in [0.25, 0.3) is 15.6 Å². The third-order valence-corrected chi connectivity index (χ3v) is 5.26. The number of carbonyl (C=O) groups is 1. The molecule has 0 aliphatic rings. The summed E-state index contributed by atoms with van der Waals surface area (Å²) in [7, 11) is -4.24. The van der Waals surface area contributed by atoms with E-state index in [9.17, 15) is 13.2 Å². The van der Waals surface area contributed by atoms with Crippen molar-refractivity contribution in [3.8, 4) is 0 Å². The van der Waals surface area contributed by atoms with Gasteiger partial charge in [0, 0.05) is 5.56 Å². The first kappa shape index (κ1) is 15.8. The zero-order valence-electron chi connectivity index (χ0n) is 12.5. The first-order valence-corrected chi connectivity index (χ1v) is 8.58. The van der Waals surface area contributed by atoms with Crippen molar-refractivity contribution in [2.75, 3.05) is 0 Å². The van der Waals surface area contributed by atoms with E-state index in [1.165, 1.54) is 24.3 Å². The number of hydrogen-bond donors (Lipinski definition) is 0. The number of Topliss-reactive ketones (excluding diaryl/α,β-unsaturated/α-hetero) is 1. The highest BCUT2D eigenvalue weighted by molar-refractivity contribution is 8.08. The predicted octanol–water partition coefficient (Wildman–Crippen LogP) is 3.12. The molecule has 118 valence electrons. The first-order valence-electron chi connectivity index (χ1n) is 7.10. The minimum atomic E-state index is -4.24. The van der Waals surface area contributed by atoms with Gasteiger partial charge in [0.1, 0.15) is 0 Å². The molecule has 0 saturated heterocycles. The molecule has 0 aromatic heterocycles. The van der Waals surface area contributed by atoms with E-state index in [4.69, 9.17) is 5.53 Å². The lowest BCUT2D eigenvalue weighted by molar-refractivity contribution is -0.00158. The Labute approximate surface area is 138 Å². The standard InChI is InChI=1S/C18H12N2O3S/c19-20-18(17(21)14-7-2-1-3-8-14)24(22,23)16-11-10-13-6-4-5-9-15(13)12-16/h1-12H. The number of fused-ring (bicyclic) bond motifs is 1. The van der Waals surface area contributed by atoms with Crippen molar-refractivity contribution >= 4 is 31.4 Å². The normalized spacial score (nSPS) is 11.0. The van der Waals surface area contributed by atoms with Gasteiger partial charge in [0.2, 0.25) is 0 Å². The molecule has 0 aliphatic carbocycles. The SMILES string of the molecule is [N-]=[N+]=C(C(=O)c1ccccc1)S(=O)(=O)c1ccc2ccccc2c1. The average Bonchev–Trinajstić information content (AvgIpc) is 2.62. The van der Waals surface area contributed by atoms with Crippen LogP contribution in [0.5, 0.6) is 0 Å². The topological polar surface area (TPSA) is 87.6 Å². The largest absolute Gasteiger partial charge is 0.456 e. The fraction of sp³-hybridized carbons (Fsp3) is 0. The number of carbonyl (C=O) groups excluding carboxylic acids is 1. The molecule has 3 rings (SSSR count). The van der Waals surface area contributed by atoms with Gasteiger partial charge in [-0.25, -0.2) is 8.42 Å². The van der Waals surface area contributed by atoms with Crippen molar-refractivity contribution < 1.29 is 18.0 Å². The predicted molar refractivity (Wildman–Crippen MR) is 90.5 cm³/mol. The van der Waals surface area contributed by atoms with Gasteiger partial charge in [-0.15, -0.1) is 4.79 Å². The summed E-state index contributed by atoms with van der Waals surface area (Å²) in [6.45, 7) is 0. The molecule has 0 radical (unpaired) electrons. The Kier molecular flexibility index (Phi) is 4.08. The summed E-state index contributed by atoms with van der Waals surface area (Å²) < 4.78 is 25.4. The van der Waals surface area contributed by atoms with Crippen LogP contribution >= 0.6 is 0 Å². The van der Waals surface area contributed by atoms with Crippen LogP contribution in [-0.2, 0) is 9.84 Å². The molecule has 0 aliphatic heterocycles. The van der Waals surface area contributed by atoms with E-state index in [-0.39, 0.29) is 10.5 Å². The minimum Gasteiger partial charge on any atom is -0.360 e. The molecule has 0 N–H and O–H groups in total. The Morgan fingerprint density at radius 2 is 1.46 bits per heavy atom. The Morgan fingerprint density at radius 1 is 0.833 bits per heavy atom.